The van der Waals surface area contributed by atoms with Crippen LogP contribution < -0.4 is 19.5 Å². The van der Waals surface area contributed by atoms with Gasteiger partial charge in [0, 0.05) is 24.3 Å². The third-order valence-corrected chi connectivity index (χ3v) is 7.98. The number of fused-ring (bicyclic) bond motifs is 1. The van der Waals surface area contributed by atoms with Crippen molar-refractivity contribution in [1.29, 1.82) is 0 Å². The Morgan fingerprint density at radius 2 is 1.56 bits per heavy atom. The van der Waals surface area contributed by atoms with E-state index < -0.39 is 15.9 Å². The normalized spacial score (nSPS) is 19.6. The molecule has 2 fully saturated rings. The van der Waals surface area contributed by atoms with Crippen LogP contribution in [0, 0.1) is 11.8 Å². The molecular weight excluding hydrogens is 486 g/mol. The molecule has 2 N–H and O–H groups in total. The van der Waals surface area contributed by atoms with Crippen molar-refractivity contribution < 1.29 is 32.3 Å². The standard InChI is InChI=1S/C25H29N3O7S/c1-34-18-10-7-16(8-11-18)27-36(32,33)22-15-17(9-12-21(22)35-2)26-23(29)13-14-28-24(30)19-5-3-4-6-20(19)25(28)31/h7-12,15,19-20,27H,3-6,13-14H2,1-2H3,(H,26,29)/t19-,20-/m1/s1. The van der Waals surface area contributed by atoms with E-state index in [1.165, 1.54) is 37.3 Å². The van der Waals surface area contributed by atoms with Gasteiger partial charge in [-0.2, -0.15) is 0 Å². The van der Waals surface area contributed by atoms with Gasteiger partial charge < -0.3 is 14.8 Å². The summed E-state index contributed by atoms with van der Waals surface area (Å²) >= 11 is 0. The molecule has 4 rings (SSSR count). The van der Waals surface area contributed by atoms with Crippen LogP contribution in [0.5, 0.6) is 11.5 Å². The second kappa shape index (κ2) is 10.6. The van der Waals surface area contributed by atoms with Crippen molar-refractivity contribution in [2.45, 2.75) is 37.0 Å². The van der Waals surface area contributed by atoms with Crippen LogP contribution in [-0.4, -0.2) is 51.8 Å². The summed E-state index contributed by atoms with van der Waals surface area (Å²) in [6.45, 7) is -0.00314. The summed E-state index contributed by atoms with van der Waals surface area (Å²) in [6, 6.07) is 10.6. The van der Waals surface area contributed by atoms with Crippen molar-refractivity contribution in [3.05, 3.63) is 42.5 Å². The molecule has 1 saturated carbocycles. The van der Waals surface area contributed by atoms with E-state index in [9.17, 15) is 22.8 Å². The summed E-state index contributed by atoms with van der Waals surface area (Å²) in [5, 5.41) is 2.65. The Morgan fingerprint density at radius 1 is 0.944 bits per heavy atom. The number of nitrogens with one attached hydrogen (secondary N) is 2. The van der Waals surface area contributed by atoms with Crippen LogP contribution in [0.1, 0.15) is 32.1 Å². The van der Waals surface area contributed by atoms with Gasteiger partial charge in [-0.3, -0.25) is 24.0 Å². The number of methoxy groups -OCH3 is 2. The van der Waals surface area contributed by atoms with Gasteiger partial charge in [-0.05, 0) is 55.3 Å². The van der Waals surface area contributed by atoms with Gasteiger partial charge >= 0.3 is 0 Å². The van der Waals surface area contributed by atoms with Crippen LogP contribution in [0.25, 0.3) is 0 Å². The highest BCUT2D eigenvalue weighted by atomic mass is 32.2. The number of anilines is 2. The van der Waals surface area contributed by atoms with Crippen molar-refractivity contribution in [3.8, 4) is 11.5 Å². The first-order valence-corrected chi connectivity index (χ1v) is 13.2. The molecule has 36 heavy (non-hydrogen) atoms. The van der Waals surface area contributed by atoms with Crippen LogP contribution in [0.15, 0.2) is 47.4 Å². The number of ether oxygens (including phenoxy) is 2. The number of carbonyl (C=O) groups excluding carboxylic acids is 3. The number of likely N-dealkylation sites (tertiary alicyclic amines) is 1. The molecule has 0 aromatic heterocycles. The molecule has 2 atom stereocenters. The van der Waals surface area contributed by atoms with E-state index >= 15 is 0 Å². The second-order valence-corrected chi connectivity index (χ2v) is 10.5. The number of imide groups is 1. The number of hydrogen-bond donors (Lipinski definition) is 2. The first-order chi connectivity index (χ1) is 17.2. The van der Waals surface area contributed by atoms with Gasteiger partial charge in [0.25, 0.3) is 10.0 Å². The number of benzene rings is 2. The van der Waals surface area contributed by atoms with E-state index in [4.69, 9.17) is 9.47 Å². The number of rotatable bonds is 9. The summed E-state index contributed by atoms with van der Waals surface area (Å²) in [4.78, 5) is 38.9. The van der Waals surface area contributed by atoms with Gasteiger partial charge in [-0.1, -0.05) is 12.8 Å². The Kier molecular flexibility index (Phi) is 7.48. The summed E-state index contributed by atoms with van der Waals surface area (Å²) in [5.41, 5.74) is 0.566. The predicted octanol–water partition coefficient (Wildman–Crippen LogP) is 3.01. The third kappa shape index (κ3) is 5.30. The minimum Gasteiger partial charge on any atom is -0.497 e. The first kappa shape index (κ1) is 25.5. The molecule has 0 unspecified atom stereocenters. The number of nitrogens with zero attached hydrogens (tertiary/aromatic N) is 1. The minimum atomic E-state index is -4.05. The van der Waals surface area contributed by atoms with Crippen molar-refractivity contribution in [3.63, 3.8) is 0 Å². The van der Waals surface area contributed by atoms with Crippen molar-refractivity contribution in [2.24, 2.45) is 11.8 Å². The topological polar surface area (TPSA) is 131 Å². The largest absolute Gasteiger partial charge is 0.497 e. The highest BCUT2D eigenvalue weighted by Gasteiger charge is 2.47. The summed E-state index contributed by atoms with van der Waals surface area (Å²) in [5.74, 6) is -0.674. The predicted molar refractivity (Wildman–Crippen MR) is 132 cm³/mol. The van der Waals surface area contributed by atoms with Crippen molar-refractivity contribution in [2.75, 3.05) is 30.8 Å². The molecule has 2 aromatic rings. The van der Waals surface area contributed by atoms with E-state index in [-0.39, 0.29) is 52.9 Å². The lowest BCUT2D eigenvalue weighted by Gasteiger charge is -2.19. The van der Waals surface area contributed by atoms with E-state index in [0.717, 1.165) is 12.8 Å². The molecule has 0 radical (unpaired) electrons. The Bertz CT molecular complexity index is 1240. The molecule has 3 amide bonds. The molecule has 1 heterocycles. The Hall–Kier alpha value is -3.60. The number of hydrogen-bond acceptors (Lipinski definition) is 7. The fraction of sp³-hybridized carbons (Fsp3) is 0.400. The van der Waals surface area contributed by atoms with E-state index in [1.807, 2.05) is 0 Å². The van der Waals surface area contributed by atoms with Gasteiger partial charge in [0.2, 0.25) is 17.7 Å². The molecule has 1 aliphatic carbocycles. The van der Waals surface area contributed by atoms with Crippen LogP contribution in [-0.2, 0) is 24.4 Å². The minimum absolute atomic E-state index is 0.00314. The highest BCUT2D eigenvalue weighted by Crippen LogP contribution is 2.38. The average Bonchev–Trinajstić information content (AvgIpc) is 3.12. The lowest BCUT2D eigenvalue weighted by molar-refractivity contribution is -0.140. The maximum atomic E-state index is 13.1. The van der Waals surface area contributed by atoms with Crippen molar-refractivity contribution in [1.82, 2.24) is 4.90 Å². The molecule has 11 heteroatoms. The maximum Gasteiger partial charge on any atom is 0.265 e. The number of sulfonamides is 1. The summed E-state index contributed by atoms with van der Waals surface area (Å²) < 4.78 is 38.9. The summed E-state index contributed by atoms with van der Waals surface area (Å²) in [7, 11) is -1.19. The van der Waals surface area contributed by atoms with E-state index in [1.54, 1.807) is 24.3 Å². The van der Waals surface area contributed by atoms with Crippen LogP contribution in [0.3, 0.4) is 0 Å². The molecular formula is C25H29N3O7S. The lowest BCUT2D eigenvalue weighted by atomic mass is 9.81. The van der Waals surface area contributed by atoms with Crippen LogP contribution in [0.4, 0.5) is 11.4 Å². The van der Waals surface area contributed by atoms with Crippen molar-refractivity contribution >= 4 is 39.1 Å². The molecule has 10 nitrogen and oxygen atoms in total. The molecule has 2 aliphatic rings. The number of amides is 3. The zero-order chi connectivity index (χ0) is 25.9. The molecule has 0 bridgehead atoms. The quantitative estimate of drug-likeness (QED) is 0.491. The molecule has 2 aromatic carbocycles. The first-order valence-electron chi connectivity index (χ1n) is 11.7. The van der Waals surface area contributed by atoms with Crippen LogP contribution >= 0.6 is 0 Å². The average molecular weight is 516 g/mol. The maximum absolute atomic E-state index is 13.1. The van der Waals surface area contributed by atoms with E-state index in [0.29, 0.717) is 24.3 Å². The molecule has 192 valence electrons. The van der Waals surface area contributed by atoms with Gasteiger partial charge in [0.15, 0.2) is 0 Å². The molecule has 1 aliphatic heterocycles. The van der Waals surface area contributed by atoms with Gasteiger partial charge in [-0.25, -0.2) is 8.42 Å². The summed E-state index contributed by atoms with van der Waals surface area (Å²) in [6.07, 6.45) is 3.21. The fourth-order valence-corrected chi connectivity index (χ4v) is 5.98. The fourth-order valence-electron chi connectivity index (χ4n) is 4.72. The van der Waals surface area contributed by atoms with E-state index in [2.05, 4.69) is 10.0 Å². The monoisotopic (exact) mass is 515 g/mol. The Balaban J connectivity index is 1.43. The zero-order valence-corrected chi connectivity index (χ0v) is 21.0. The van der Waals surface area contributed by atoms with Crippen LogP contribution in [0.2, 0.25) is 0 Å². The highest BCUT2D eigenvalue weighted by molar-refractivity contribution is 7.92. The Morgan fingerprint density at radius 3 is 2.14 bits per heavy atom. The molecule has 1 saturated heterocycles. The van der Waals surface area contributed by atoms with Gasteiger partial charge in [0.1, 0.15) is 16.4 Å². The van der Waals surface area contributed by atoms with Gasteiger partial charge in [-0.15, -0.1) is 0 Å². The Labute approximate surface area is 210 Å². The second-order valence-electron chi connectivity index (χ2n) is 8.82. The smallest absolute Gasteiger partial charge is 0.265 e. The molecule has 0 spiro atoms. The zero-order valence-electron chi connectivity index (χ0n) is 20.2. The van der Waals surface area contributed by atoms with Gasteiger partial charge in [0.05, 0.1) is 26.1 Å². The lowest BCUT2D eigenvalue weighted by Crippen LogP contribution is -2.34. The SMILES string of the molecule is COc1ccc(NS(=O)(=O)c2cc(NC(=O)CCN3C(=O)[C@@H]4CCCC[C@H]4C3=O)ccc2OC)cc1. The number of carbonyl (C=O) groups is 3. The third-order valence-electron chi connectivity index (χ3n) is 6.57.